The molecule has 62 valence electrons. The van der Waals surface area contributed by atoms with Crippen molar-refractivity contribution >= 4 is 23.1 Å². The molecule has 0 aliphatic heterocycles. The van der Waals surface area contributed by atoms with E-state index in [2.05, 4.69) is 6.07 Å². The van der Waals surface area contributed by atoms with Crippen molar-refractivity contribution in [2.24, 2.45) is 5.73 Å². The Morgan fingerprint density at radius 2 is 2.50 bits per heavy atom. The molecule has 0 radical (unpaired) electrons. The summed E-state index contributed by atoms with van der Waals surface area (Å²) >= 11 is 3.02. The first-order valence-corrected chi connectivity index (χ1v) is 5.01. The molecular weight excluding hydrogens is 188 g/mol. The Morgan fingerprint density at radius 1 is 1.75 bits per heavy atom. The van der Waals surface area contributed by atoms with Crippen molar-refractivity contribution < 1.29 is 0 Å². The van der Waals surface area contributed by atoms with E-state index in [-0.39, 0.29) is 0 Å². The molecule has 0 bridgehead atoms. The molecule has 0 unspecified atom stereocenters. The highest BCUT2D eigenvalue weighted by molar-refractivity contribution is 8.05. The largest absolute Gasteiger partial charge is 0.401 e. The molecule has 1 aromatic heterocycles. The first-order valence-electron chi connectivity index (χ1n) is 3.32. The number of thiophene rings is 1. The Kier molecular flexibility index (Phi) is 3.20. The maximum atomic E-state index is 8.69. The highest BCUT2D eigenvalue weighted by Crippen LogP contribution is 2.30. The third kappa shape index (κ3) is 2.29. The molecule has 2 N–H and O–H groups in total. The van der Waals surface area contributed by atoms with Gasteiger partial charge in [-0.25, -0.2) is 0 Å². The predicted octanol–water partition coefficient (Wildman–Crippen LogP) is 2.55. The quantitative estimate of drug-likeness (QED) is 0.584. The maximum Gasteiger partial charge on any atom is 0.109 e. The van der Waals surface area contributed by atoms with E-state index in [1.165, 1.54) is 11.8 Å². The minimum absolute atomic E-state index is 0.580. The monoisotopic (exact) mass is 196 g/mol. The van der Waals surface area contributed by atoms with Crippen LogP contribution in [0.1, 0.15) is 6.92 Å². The zero-order valence-corrected chi connectivity index (χ0v) is 8.21. The van der Waals surface area contributed by atoms with Gasteiger partial charge >= 0.3 is 0 Å². The Bertz CT molecular complexity index is 315. The van der Waals surface area contributed by atoms with Crippen LogP contribution in [0.2, 0.25) is 0 Å². The lowest BCUT2D eigenvalue weighted by molar-refractivity contribution is 1.30. The number of nitriles is 1. The molecule has 1 aromatic rings. The van der Waals surface area contributed by atoms with Crippen LogP contribution in [0.3, 0.4) is 0 Å². The van der Waals surface area contributed by atoms with E-state index in [1.807, 2.05) is 17.5 Å². The zero-order chi connectivity index (χ0) is 8.97. The summed E-state index contributed by atoms with van der Waals surface area (Å²) < 4.78 is 1.09. The molecular formula is C8H8N2S2. The van der Waals surface area contributed by atoms with E-state index >= 15 is 0 Å². The summed E-state index contributed by atoms with van der Waals surface area (Å²) in [6, 6.07) is 5.98. The van der Waals surface area contributed by atoms with Crippen LogP contribution in [0.15, 0.2) is 32.3 Å². The van der Waals surface area contributed by atoms with Crippen LogP contribution in [0.25, 0.3) is 0 Å². The van der Waals surface area contributed by atoms with Gasteiger partial charge in [-0.1, -0.05) is 17.8 Å². The van der Waals surface area contributed by atoms with Crippen molar-refractivity contribution in [1.82, 2.24) is 0 Å². The van der Waals surface area contributed by atoms with E-state index in [4.69, 9.17) is 11.0 Å². The number of hydrogen-bond acceptors (Lipinski definition) is 4. The van der Waals surface area contributed by atoms with Gasteiger partial charge in [0, 0.05) is 5.70 Å². The molecule has 0 amide bonds. The minimum Gasteiger partial charge on any atom is -0.401 e. The van der Waals surface area contributed by atoms with Crippen molar-refractivity contribution in [3.8, 4) is 6.07 Å². The Labute approximate surface area is 79.7 Å². The summed E-state index contributed by atoms with van der Waals surface area (Å²) in [5.74, 6) is 0. The maximum absolute atomic E-state index is 8.69. The SMILES string of the molecule is C/C(N)=C(\C#N)Sc1cccs1. The molecule has 1 rings (SSSR count). The predicted molar refractivity (Wildman–Crippen MR) is 52.7 cm³/mol. The van der Waals surface area contributed by atoms with Crippen molar-refractivity contribution in [1.29, 1.82) is 5.26 Å². The van der Waals surface area contributed by atoms with Gasteiger partial charge in [0.15, 0.2) is 0 Å². The second-order valence-corrected chi connectivity index (χ2v) is 4.42. The van der Waals surface area contributed by atoms with E-state index in [0.717, 1.165) is 4.21 Å². The second-order valence-electron chi connectivity index (χ2n) is 2.16. The van der Waals surface area contributed by atoms with Gasteiger partial charge in [-0.15, -0.1) is 11.3 Å². The topological polar surface area (TPSA) is 49.8 Å². The highest BCUT2D eigenvalue weighted by atomic mass is 32.2. The fourth-order valence-corrected chi connectivity index (χ4v) is 2.23. The number of hydrogen-bond donors (Lipinski definition) is 1. The van der Waals surface area contributed by atoms with Crippen molar-refractivity contribution in [3.63, 3.8) is 0 Å². The third-order valence-corrected chi connectivity index (χ3v) is 3.31. The van der Waals surface area contributed by atoms with E-state index in [1.54, 1.807) is 18.3 Å². The van der Waals surface area contributed by atoms with E-state index < -0.39 is 0 Å². The van der Waals surface area contributed by atoms with Crippen LogP contribution in [0.5, 0.6) is 0 Å². The Morgan fingerprint density at radius 3 is 2.92 bits per heavy atom. The van der Waals surface area contributed by atoms with Gasteiger partial charge in [0.05, 0.1) is 4.21 Å². The van der Waals surface area contributed by atoms with Crippen molar-refractivity contribution in [3.05, 3.63) is 28.1 Å². The number of nitrogens with zero attached hydrogens (tertiary/aromatic N) is 1. The van der Waals surface area contributed by atoms with Crippen LogP contribution in [-0.4, -0.2) is 0 Å². The lowest BCUT2D eigenvalue weighted by atomic mass is 10.5. The number of rotatable bonds is 2. The van der Waals surface area contributed by atoms with Crippen LogP contribution in [-0.2, 0) is 0 Å². The van der Waals surface area contributed by atoms with Gasteiger partial charge in [-0.2, -0.15) is 5.26 Å². The molecule has 0 saturated carbocycles. The fourth-order valence-electron chi connectivity index (χ4n) is 0.614. The smallest absolute Gasteiger partial charge is 0.109 e. The first-order chi connectivity index (χ1) is 5.74. The third-order valence-electron chi connectivity index (χ3n) is 1.16. The number of allylic oxidation sites excluding steroid dienone is 2. The van der Waals surface area contributed by atoms with E-state index in [9.17, 15) is 0 Å². The van der Waals surface area contributed by atoms with E-state index in [0.29, 0.717) is 10.6 Å². The zero-order valence-electron chi connectivity index (χ0n) is 6.57. The summed E-state index contributed by atoms with van der Waals surface area (Å²) in [6.07, 6.45) is 0. The second kappa shape index (κ2) is 4.19. The Hall–Kier alpha value is -0.920. The van der Waals surface area contributed by atoms with Crippen molar-refractivity contribution in [2.75, 3.05) is 0 Å². The summed E-state index contributed by atoms with van der Waals surface area (Å²) in [5, 5.41) is 10.7. The van der Waals surface area contributed by atoms with Crippen molar-refractivity contribution in [2.45, 2.75) is 11.1 Å². The molecule has 0 aliphatic carbocycles. The lowest BCUT2D eigenvalue weighted by Gasteiger charge is -1.96. The van der Waals surface area contributed by atoms with Gasteiger partial charge in [0.25, 0.3) is 0 Å². The van der Waals surface area contributed by atoms with Gasteiger partial charge in [0.1, 0.15) is 11.0 Å². The van der Waals surface area contributed by atoms with Crippen LogP contribution < -0.4 is 5.73 Å². The molecule has 0 aromatic carbocycles. The molecule has 12 heavy (non-hydrogen) atoms. The summed E-state index contributed by atoms with van der Waals surface area (Å²) in [6.45, 7) is 1.74. The normalized spacial score (nSPS) is 12.0. The highest BCUT2D eigenvalue weighted by Gasteiger charge is 2.02. The molecule has 0 fully saturated rings. The molecule has 0 aliphatic rings. The standard InChI is InChI=1S/C8H8N2S2/c1-6(10)7(5-9)12-8-3-2-4-11-8/h2-4H,10H2,1H3/b7-6-. The molecule has 0 saturated heterocycles. The summed E-state index contributed by atoms with van der Waals surface area (Å²) in [5.41, 5.74) is 6.08. The average molecular weight is 196 g/mol. The Balaban J connectivity index is 2.77. The van der Waals surface area contributed by atoms with Gasteiger partial charge in [-0.05, 0) is 18.4 Å². The molecule has 0 spiro atoms. The van der Waals surface area contributed by atoms with Crippen LogP contribution in [0.4, 0.5) is 0 Å². The molecule has 1 heterocycles. The number of nitrogens with two attached hydrogens (primary N) is 1. The molecule has 0 atom stereocenters. The first kappa shape index (κ1) is 9.17. The van der Waals surface area contributed by atoms with Gasteiger partial charge in [0.2, 0.25) is 0 Å². The fraction of sp³-hybridized carbons (Fsp3) is 0.125. The van der Waals surface area contributed by atoms with Gasteiger partial charge in [-0.3, -0.25) is 0 Å². The molecule has 4 heteroatoms. The summed E-state index contributed by atoms with van der Waals surface area (Å²) in [7, 11) is 0. The average Bonchev–Trinajstić information content (AvgIpc) is 2.51. The summed E-state index contributed by atoms with van der Waals surface area (Å²) in [4.78, 5) is 0.581. The number of thioether (sulfide) groups is 1. The minimum atomic E-state index is 0.580. The van der Waals surface area contributed by atoms with Crippen LogP contribution in [0, 0.1) is 11.3 Å². The molecule has 2 nitrogen and oxygen atoms in total. The van der Waals surface area contributed by atoms with Gasteiger partial charge < -0.3 is 5.73 Å². The van der Waals surface area contributed by atoms with Crippen LogP contribution >= 0.6 is 23.1 Å². The lowest BCUT2D eigenvalue weighted by Crippen LogP contribution is -1.93.